The average Bonchev–Trinajstić information content (AvgIpc) is 2.76. The standard InChI is InChI=1S/C21H18ClF4N3O2S/c1-2-15(31)28-6-7-29(13(9-28)20(25)26)21(32)10-8-11(22)16(18(24)19(10)27)17-12(23)4-3-5-14(17)30/h2-5,8,13,20,30H,1,6-7,9,27H2. The number of piperazine rings is 1. The molecule has 1 aliphatic rings. The first-order valence-corrected chi connectivity index (χ1v) is 10.1. The van der Waals surface area contributed by atoms with Gasteiger partial charge in [-0.2, -0.15) is 0 Å². The predicted molar refractivity (Wildman–Crippen MR) is 118 cm³/mol. The summed E-state index contributed by atoms with van der Waals surface area (Å²) in [4.78, 5) is 14.0. The molecule has 0 saturated carbocycles. The largest absolute Gasteiger partial charge is 0.507 e. The molecule has 5 nitrogen and oxygen atoms in total. The van der Waals surface area contributed by atoms with Gasteiger partial charge in [-0.1, -0.05) is 36.5 Å². The monoisotopic (exact) mass is 487 g/mol. The maximum atomic E-state index is 15.2. The number of phenols is 1. The third kappa shape index (κ3) is 4.24. The molecule has 0 spiro atoms. The summed E-state index contributed by atoms with van der Waals surface area (Å²) in [6.07, 6.45) is -1.84. The summed E-state index contributed by atoms with van der Waals surface area (Å²) >= 11 is 11.5. The molecule has 11 heteroatoms. The van der Waals surface area contributed by atoms with E-state index < -0.39 is 52.6 Å². The highest BCUT2D eigenvalue weighted by molar-refractivity contribution is 7.80. The van der Waals surface area contributed by atoms with E-state index in [1.54, 1.807) is 0 Å². The molecule has 0 aliphatic carbocycles. The van der Waals surface area contributed by atoms with E-state index in [2.05, 4.69) is 6.58 Å². The third-order valence-electron chi connectivity index (χ3n) is 5.18. The number of phenolic OH excluding ortho intramolecular Hbond substituents is 1. The fourth-order valence-corrected chi connectivity index (χ4v) is 4.24. The van der Waals surface area contributed by atoms with Gasteiger partial charge in [-0.25, -0.2) is 17.6 Å². The summed E-state index contributed by atoms with van der Waals surface area (Å²) in [6, 6.07) is 3.08. The van der Waals surface area contributed by atoms with Crippen LogP contribution < -0.4 is 5.73 Å². The van der Waals surface area contributed by atoms with E-state index in [4.69, 9.17) is 29.6 Å². The summed E-state index contributed by atoms with van der Waals surface area (Å²) in [7, 11) is 0. The maximum absolute atomic E-state index is 15.2. The number of hydrogen-bond donors (Lipinski definition) is 2. The number of nitrogens with zero attached hydrogens (tertiary/aromatic N) is 2. The average molecular weight is 488 g/mol. The van der Waals surface area contributed by atoms with Crippen LogP contribution >= 0.6 is 23.8 Å². The Labute approximate surface area is 191 Å². The summed E-state index contributed by atoms with van der Waals surface area (Å²) < 4.78 is 57.0. The number of aromatic hydroxyl groups is 1. The number of thiocarbonyl (C=S) groups is 1. The van der Waals surface area contributed by atoms with Gasteiger partial charge in [0.15, 0.2) is 5.82 Å². The summed E-state index contributed by atoms with van der Waals surface area (Å²) in [6.45, 7) is 3.06. The van der Waals surface area contributed by atoms with Crippen LogP contribution in [0.15, 0.2) is 36.9 Å². The molecule has 1 atom stereocenters. The van der Waals surface area contributed by atoms with Gasteiger partial charge >= 0.3 is 0 Å². The van der Waals surface area contributed by atoms with Crippen molar-refractivity contribution in [3.8, 4) is 16.9 Å². The number of carbonyl (C=O) groups excluding carboxylic acids is 1. The van der Waals surface area contributed by atoms with Crippen molar-refractivity contribution in [2.75, 3.05) is 25.4 Å². The Morgan fingerprint density at radius 3 is 2.59 bits per heavy atom. The highest BCUT2D eigenvalue weighted by Crippen LogP contribution is 2.41. The first-order valence-electron chi connectivity index (χ1n) is 9.34. The minimum absolute atomic E-state index is 0.0536. The van der Waals surface area contributed by atoms with E-state index in [0.717, 1.165) is 29.2 Å². The second-order valence-corrected chi connectivity index (χ2v) is 7.83. The van der Waals surface area contributed by atoms with Gasteiger partial charge in [-0.3, -0.25) is 4.79 Å². The minimum Gasteiger partial charge on any atom is -0.507 e. The number of halogens is 5. The zero-order valence-corrected chi connectivity index (χ0v) is 18.1. The van der Waals surface area contributed by atoms with E-state index >= 15 is 4.39 Å². The van der Waals surface area contributed by atoms with E-state index in [1.165, 1.54) is 11.0 Å². The molecule has 0 aromatic heterocycles. The molecular weight excluding hydrogens is 470 g/mol. The maximum Gasteiger partial charge on any atom is 0.260 e. The van der Waals surface area contributed by atoms with Crippen molar-refractivity contribution in [1.82, 2.24) is 9.80 Å². The van der Waals surface area contributed by atoms with Crippen molar-refractivity contribution >= 4 is 40.4 Å². The molecule has 2 aromatic rings. The van der Waals surface area contributed by atoms with Crippen LogP contribution in [0.3, 0.4) is 0 Å². The number of rotatable bonds is 4. The predicted octanol–water partition coefficient (Wildman–Crippen LogP) is 4.21. The highest BCUT2D eigenvalue weighted by atomic mass is 35.5. The van der Waals surface area contributed by atoms with Crippen LogP contribution in [-0.2, 0) is 4.79 Å². The smallest absolute Gasteiger partial charge is 0.260 e. The van der Waals surface area contributed by atoms with Crippen molar-refractivity contribution in [3.05, 3.63) is 59.1 Å². The summed E-state index contributed by atoms with van der Waals surface area (Å²) in [5.74, 6) is -3.13. The van der Waals surface area contributed by atoms with E-state index in [9.17, 15) is 23.1 Å². The molecule has 3 rings (SSSR count). The fraction of sp³-hybridized carbons (Fsp3) is 0.238. The molecule has 1 fully saturated rings. The molecule has 0 bridgehead atoms. The Bertz CT molecular complexity index is 1080. The number of alkyl halides is 2. The molecule has 2 aromatic carbocycles. The third-order valence-corrected chi connectivity index (χ3v) is 5.94. The number of nitrogens with two attached hydrogens (primary N) is 1. The lowest BCUT2D eigenvalue weighted by molar-refractivity contribution is -0.129. The number of nitrogen functional groups attached to an aromatic ring is 1. The Kier molecular flexibility index (Phi) is 6.94. The quantitative estimate of drug-likeness (QED) is 0.292. The fourth-order valence-electron chi connectivity index (χ4n) is 3.56. The Morgan fingerprint density at radius 2 is 2.00 bits per heavy atom. The normalized spacial score (nSPS) is 16.4. The van der Waals surface area contributed by atoms with Crippen molar-refractivity contribution < 1.29 is 27.5 Å². The van der Waals surface area contributed by atoms with Gasteiger partial charge < -0.3 is 20.6 Å². The summed E-state index contributed by atoms with van der Waals surface area (Å²) in [5.41, 5.74) is 4.28. The molecular formula is C21H18ClF4N3O2S. The van der Waals surface area contributed by atoms with E-state index in [-0.39, 0.29) is 35.2 Å². The van der Waals surface area contributed by atoms with Gasteiger partial charge in [0.1, 0.15) is 22.6 Å². The highest BCUT2D eigenvalue weighted by Gasteiger charge is 2.37. The zero-order chi connectivity index (χ0) is 23.7. The molecule has 1 unspecified atom stereocenters. The topological polar surface area (TPSA) is 69.8 Å². The molecule has 1 amide bonds. The lowest BCUT2D eigenvalue weighted by atomic mass is 9.99. The Balaban J connectivity index is 2.02. The zero-order valence-electron chi connectivity index (χ0n) is 16.5. The first-order chi connectivity index (χ1) is 15.1. The van der Waals surface area contributed by atoms with E-state index in [1.807, 2.05) is 0 Å². The number of anilines is 1. The van der Waals surface area contributed by atoms with Crippen molar-refractivity contribution in [1.29, 1.82) is 0 Å². The molecule has 170 valence electrons. The van der Waals surface area contributed by atoms with Gasteiger partial charge in [-0.05, 0) is 24.3 Å². The van der Waals surface area contributed by atoms with E-state index in [0.29, 0.717) is 0 Å². The Morgan fingerprint density at radius 1 is 1.31 bits per heavy atom. The molecule has 0 radical (unpaired) electrons. The van der Waals surface area contributed by atoms with Gasteiger partial charge in [0, 0.05) is 30.8 Å². The lowest BCUT2D eigenvalue weighted by Crippen LogP contribution is -2.58. The number of benzene rings is 2. The number of hydrogen-bond acceptors (Lipinski definition) is 4. The second kappa shape index (κ2) is 9.33. The van der Waals surface area contributed by atoms with Gasteiger partial charge in [0.2, 0.25) is 5.91 Å². The molecule has 3 N–H and O–H groups in total. The van der Waals surface area contributed by atoms with Crippen molar-refractivity contribution in [3.63, 3.8) is 0 Å². The van der Waals surface area contributed by atoms with Crippen LogP contribution in [0.2, 0.25) is 5.02 Å². The molecule has 32 heavy (non-hydrogen) atoms. The number of carbonyl (C=O) groups is 1. The van der Waals surface area contributed by atoms with Crippen LogP contribution in [-0.4, -0.2) is 57.9 Å². The SMILES string of the molecule is C=CC(=O)N1CCN(C(=S)c2cc(Cl)c(-c3c(O)cccc3F)c(F)c2N)C(C(F)F)C1. The molecule has 1 aliphatic heterocycles. The first kappa shape index (κ1) is 23.8. The van der Waals surface area contributed by atoms with Crippen LogP contribution in [0.25, 0.3) is 11.1 Å². The molecule has 1 saturated heterocycles. The van der Waals surface area contributed by atoms with Gasteiger partial charge in [0.25, 0.3) is 6.43 Å². The van der Waals surface area contributed by atoms with Crippen LogP contribution in [0.1, 0.15) is 5.56 Å². The summed E-state index contributed by atoms with van der Waals surface area (Å²) in [5, 5.41) is 9.67. The van der Waals surface area contributed by atoms with Gasteiger partial charge in [-0.15, -0.1) is 0 Å². The minimum atomic E-state index is -2.87. The molecule has 1 heterocycles. The van der Waals surface area contributed by atoms with Crippen molar-refractivity contribution in [2.24, 2.45) is 0 Å². The van der Waals surface area contributed by atoms with Crippen LogP contribution in [0.4, 0.5) is 23.2 Å². The van der Waals surface area contributed by atoms with Gasteiger partial charge in [0.05, 0.1) is 16.3 Å². The lowest BCUT2D eigenvalue weighted by Gasteiger charge is -2.42. The number of amides is 1. The second-order valence-electron chi connectivity index (χ2n) is 7.03. The van der Waals surface area contributed by atoms with Crippen LogP contribution in [0.5, 0.6) is 5.75 Å². The Hall–Kier alpha value is -2.85. The van der Waals surface area contributed by atoms with Crippen LogP contribution in [0, 0.1) is 11.6 Å². The van der Waals surface area contributed by atoms with Crippen molar-refractivity contribution in [2.45, 2.75) is 12.5 Å².